The van der Waals surface area contributed by atoms with Crippen LogP contribution in [0.2, 0.25) is 5.02 Å². The maximum absolute atomic E-state index is 12.2. The first-order chi connectivity index (χ1) is 10.0. The van der Waals surface area contributed by atoms with Crippen LogP contribution in [0.3, 0.4) is 0 Å². The minimum absolute atomic E-state index is 0.0400. The van der Waals surface area contributed by atoms with Crippen LogP contribution in [0.15, 0.2) is 36.4 Å². The van der Waals surface area contributed by atoms with Crippen LogP contribution in [0.4, 0.5) is 5.69 Å². The summed E-state index contributed by atoms with van der Waals surface area (Å²) in [5.74, 6) is -0.316. The van der Waals surface area contributed by atoms with E-state index < -0.39 is 5.91 Å². The summed E-state index contributed by atoms with van der Waals surface area (Å²) < 4.78 is 5.01. The van der Waals surface area contributed by atoms with Gasteiger partial charge in [0.1, 0.15) is 17.6 Å². The average molecular weight is 303 g/mol. The topological polar surface area (TPSA) is 82.3 Å². The summed E-state index contributed by atoms with van der Waals surface area (Å²) in [7, 11) is 1.46. The Morgan fingerprint density at radius 1 is 1.33 bits per heavy atom. The molecule has 6 heteroatoms. The molecule has 0 aromatic heterocycles. The molecule has 0 atom stereocenters. The fraction of sp³-hybridized carbons (Fsp3) is 0.0667. The lowest BCUT2D eigenvalue weighted by Crippen LogP contribution is -2.13. The summed E-state index contributed by atoms with van der Waals surface area (Å²) in [4.78, 5) is 12.2. The largest absolute Gasteiger partial charge is 0.507 e. The van der Waals surface area contributed by atoms with E-state index in [1.54, 1.807) is 6.07 Å². The highest BCUT2D eigenvalue weighted by Crippen LogP contribution is 2.26. The number of nitrogens with zero attached hydrogens (tertiary/aromatic N) is 1. The average Bonchev–Trinajstić information content (AvgIpc) is 2.48. The number of halogens is 1. The number of amides is 1. The minimum Gasteiger partial charge on any atom is -0.507 e. The van der Waals surface area contributed by atoms with E-state index in [1.807, 2.05) is 6.07 Å². The maximum Gasteiger partial charge on any atom is 0.259 e. The fourth-order valence-electron chi connectivity index (χ4n) is 1.73. The first-order valence-corrected chi connectivity index (χ1v) is 6.31. The highest BCUT2D eigenvalue weighted by atomic mass is 35.5. The van der Waals surface area contributed by atoms with Crippen LogP contribution in [0.5, 0.6) is 11.5 Å². The van der Waals surface area contributed by atoms with Crippen LogP contribution in [0.25, 0.3) is 0 Å². The molecule has 1 amide bonds. The Morgan fingerprint density at radius 3 is 2.76 bits per heavy atom. The first-order valence-electron chi connectivity index (χ1n) is 5.93. The van der Waals surface area contributed by atoms with Crippen molar-refractivity contribution in [1.29, 1.82) is 5.26 Å². The summed E-state index contributed by atoms with van der Waals surface area (Å²) in [6.07, 6.45) is 0. The molecule has 2 aromatic carbocycles. The van der Waals surface area contributed by atoms with Gasteiger partial charge in [0, 0.05) is 5.02 Å². The molecular weight excluding hydrogens is 292 g/mol. The zero-order valence-electron chi connectivity index (χ0n) is 11.1. The lowest BCUT2D eigenvalue weighted by molar-refractivity contribution is 0.102. The molecule has 0 fully saturated rings. The van der Waals surface area contributed by atoms with Gasteiger partial charge in [-0.05, 0) is 36.4 Å². The molecule has 106 valence electrons. The van der Waals surface area contributed by atoms with Gasteiger partial charge >= 0.3 is 0 Å². The number of carbonyl (C=O) groups excluding carboxylic acids is 1. The van der Waals surface area contributed by atoms with Crippen molar-refractivity contribution in [1.82, 2.24) is 0 Å². The summed E-state index contributed by atoms with van der Waals surface area (Å²) in [6.45, 7) is 0. The number of nitrogens with one attached hydrogen (secondary N) is 1. The standard InChI is InChI=1S/C15H11ClN2O3/c1-21-11-4-5-14(19)12(7-11)15(20)18-13-6-10(16)3-2-9(13)8-17/h2-7,19H,1H3,(H,18,20). The van der Waals surface area contributed by atoms with E-state index in [-0.39, 0.29) is 22.6 Å². The Hall–Kier alpha value is -2.71. The third-order valence-electron chi connectivity index (χ3n) is 2.80. The Labute approximate surface area is 126 Å². The lowest BCUT2D eigenvalue weighted by Gasteiger charge is -2.10. The first kappa shape index (κ1) is 14.7. The van der Waals surface area contributed by atoms with Crippen molar-refractivity contribution in [2.24, 2.45) is 0 Å². The van der Waals surface area contributed by atoms with Gasteiger partial charge in [0.25, 0.3) is 5.91 Å². The second kappa shape index (κ2) is 6.16. The number of methoxy groups -OCH3 is 1. The summed E-state index contributed by atoms with van der Waals surface area (Å²) in [5, 5.41) is 21.7. The molecule has 2 N–H and O–H groups in total. The smallest absolute Gasteiger partial charge is 0.259 e. The zero-order valence-corrected chi connectivity index (χ0v) is 11.8. The number of phenolic OH excluding ortho intramolecular Hbond substituents is 1. The minimum atomic E-state index is -0.565. The van der Waals surface area contributed by atoms with Gasteiger partial charge in [-0.25, -0.2) is 0 Å². The molecule has 0 heterocycles. The van der Waals surface area contributed by atoms with Crippen molar-refractivity contribution in [2.45, 2.75) is 0 Å². The normalized spacial score (nSPS) is 9.76. The van der Waals surface area contributed by atoms with Crippen molar-refractivity contribution < 1.29 is 14.6 Å². The highest BCUT2D eigenvalue weighted by Gasteiger charge is 2.14. The van der Waals surface area contributed by atoms with Crippen LogP contribution in [0.1, 0.15) is 15.9 Å². The van der Waals surface area contributed by atoms with Gasteiger partial charge in [-0.15, -0.1) is 0 Å². The van der Waals surface area contributed by atoms with Gasteiger partial charge in [-0.1, -0.05) is 11.6 Å². The number of anilines is 1. The Bertz CT molecular complexity index is 738. The molecule has 21 heavy (non-hydrogen) atoms. The number of ether oxygens (including phenoxy) is 1. The van der Waals surface area contributed by atoms with Gasteiger partial charge in [0.05, 0.1) is 23.9 Å². The van der Waals surface area contributed by atoms with E-state index in [2.05, 4.69) is 5.32 Å². The number of rotatable bonds is 3. The highest BCUT2D eigenvalue weighted by molar-refractivity contribution is 6.31. The van der Waals surface area contributed by atoms with Gasteiger partial charge in [-0.3, -0.25) is 4.79 Å². The number of benzene rings is 2. The van der Waals surface area contributed by atoms with Gasteiger partial charge < -0.3 is 15.2 Å². The van der Waals surface area contributed by atoms with Crippen molar-refractivity contribution in [3.63, 3.8) is 0 Å². The van der Waals surface area contributed by atoms with Crippen LogP contribution >= 0.6 is 11.6 Å². The predicted octanol–water partition coefficient (Wildman–Crippen LogP) is 3.18. The van der Waals surface area contributed by atoms with E-state index in [0.717, 1.165) is 0 Å². The third kappa shape index (κ3) is 3.25. The molecule has 0 aliphatic carbocycles. The molecule has 0 bridgehead atoms. The molecule has 0 aliphatic rings. The Balaban J connectivity index is 2.35. The molecular formula is C15H11ClN2O3. The molecule has 0 unspecified atom stereocenters. The van der Waals surface area contributed by atoms with Crippen LogP contribution in [0, 0.1) is 11.3 Å². The fourth-order valence-corrected chi connectivity index (χ4v) is 1.90. The van der Waals surface area contributed by atoms with Crippen LogP contribution < -0.4 is 10.1 Å². The van der Waals surface area contributed by atoms with Gasteiger partial charge in [0.2, 0.25) is 0 Å². The van der Waals surface area contributed by atoms with Crippen molar-refractivity contribution in [2.75, 3.05) is 12.4 Å². The Kier molecular flexibility index (Phi) is 4.31. The molecule has 2 aromatic rings. The van der Waals surface area contributed by atoms with Crippen LogP contribution in [-0.4, -0.2) is 18.1 Å². The van der Waals surface area contributed by atoms with E-state index in [1.165, 1.54) is 37.4 Å². The second-order valence-electron chi connectivity index (χ2n) is 4.14. The number of aromatic hydroxyl groups is 1. The summed E-state index contributed by atoms with van der Waals surface area (Å²) in [5.41, 5.74) is 0.588. The molecule has 5 nitrogen and oxygen atoms in total. The SMILES string of the molecule is COc1ccc(O)c(C(=O)Nc2cc(Cl)ccc2C#N)c1. The van der Waals surface area contributed by atoms with Gasteiger partial charge in [-0.2, -0.15) is 5.26 Å². The summed E-state index contributed by atoms with van der Waals surface area (Å²) in [6, 6.07) is 10.8. The van der Waals surface area contributed by atoms with E-state index in [4.69, 9.17) is 21.6 Å². The number of hydrogen-bond acceptors (Lipinski definition) is 4. The molecule has 0 saturated heterocycles. The molecule has 0 saturated carbocycles. The van der Waals surface area contributed by atoms with E-state index in [9.17, 15) is 9.90 Å². The molecule has 2 rings (SSSR count). The van der Waals surface area contributed by atoms with Crippen molar-refractivity contribution >= 4 is 23.2 Å². The lowest BCUT2D eigenvalue weighted by atomic mass is 10.1. The molecule has 0 spiro atoms. The van der Waals surface area contributed by atoms with Crippen LogP contribution in [-0.2, 0) is 0 Å². The number of nitriles is 1. The van der Waals surface area contributed by atoms with Gasteiger partial charge in [0.15, 0.2) is 0 Å². The van der Waals surface area contributed by atoms with E-state index >= 15 is 0 Å². The molecule has 0 aliphatic heterocycles. The van der Waals surface area contributed by atoms with Crippen molar-refractivity contribution in [3.8, 4) is 17.6 Å². The number of carbonyl (C=O) groups is 1. The third-order valence-corrected chi connectivity index (χ3v) is 3.03. The van der Waals surface area contributed by atoms with Crippen molar-refractivity contribution in [3.05, 3.63) is 52.5 Å². The zero-order chi connectivity index (χ0) is 15.4. The second-order valence-corrected chi connectivity index (χ2v) is 4.58. The summed E-state index contributed by atoms with van der Waals surface area (Å²) >= 11 is 5.85. The Morgan fingerprint density at radius 2 is 2.10 bits per heavy atom. The molecule has 0 radical (unpaired) electrons. The number of phenols is 1. The quantitative estimate of drug-likeness (QED) is 0.912. The maximum atomic E-state index is 12.2. The van der Waals surface area contributed by atoms with E-state index in [0.29, 0.717) is 10.8 Å². The number of hydrogen-bond donors (Lipinski definition) is 2. The monoisotopic (exact) mass is 302 g/mol. The predicted molar refractivity (Wildman–Crippen MR) is 78.8 cm³/mol.